The quantitative estimate of drug-likeness (QED) is 0.794. The van der Waals surface area contributed by atoms with E-state index in [9.17, 15) is 9.59 Å². The van der Waals surface area contributed by atoms with Crippen molar-refractivity contribution in [1.82, 2.24) is 0 Å². The average molecular weight is 271 g/mol. The third-order valence-electron chi connectivity index (χ3n) is 4.03. The molecule has 1 fully saturated rings. The number of amides is 1. The van der Waals surface area contributed by atoms with Crippen LogP contribution < -0.4 is 4.90 Å². The van der Waals surface area contributed by atoms with Gasteiger partial charge in [-0.05, 0) is 38.8 Å². The second-order valence-corrected chi connectivity index (χ2v) is 5.24. The largest absolute Gasteiger partial charge is 0.463 e. The predicted molar refractivity (Wildman–Crippen MR) is 74.9 cm³/mol. The van der Waals surface area contributed by atoms with E-state index in [2.05, 4.69) is 0 Å². The molecule has 0 aromatic heterocycles. The van der Waals surface area contributed by atoms with Crippen LogP contribution in [0.5, 0.6) is 0 Å². The highest BCUT2D eigenvalue weighted by molar-refractivity contribution is 6.15. The number of benzene rings is 1. The molecule has 1 aliphatic heterocycles. The van der Waals surface area contributed by atoms with Crippen molar-refractivity contribution in [2.75, 3.05) is 11.5 Å². The molecule has 1 saturated carbocycles. The summed E-state index contributed by atoms with van der Waals surface area (Å²) in [6.07, 6.45) is 1.47. The van der Waals surface area contributed by atoms with Gasteiger partial charge in [-0.2, -0.15) is 0 Å². The third kappa shape index (κ3) is 1.68. The fourth-order valence-corrected chi connectivity index (χ4v) is 2.95. The van der Waals surface area contributed by atoms with Gasteiger partial charge in [0.05, 0.1) is 17.6 Å². The molecule has 1 amide bonds. The summed E-state index contributed by atoms with van der Waals surface area (Å²) >= 11 is 0. The third-order valence-corrected chi connectivity index (χ3v) is 4.03. The fraction of sp³-hybridized carbons (Fsp3) is 0.375. The molecule has 0 bridgehead atoms. The summed E-state index contributed by atoms with van der Waals surface area (Å²) in [5.41, 5.74) is 1.44. The Hall–Kier alpha value is -2.10. The van der Waals surface area contributed by atoms with Crippen LogP contribution in [0.3, 0.4) is 0 Å². The molecular weight excluding hydrogens is 254 g/mol. The lowest BCUT2D eigenvalue weighted by Gasteiger charge is -2.18. The molecule has 0 saturated heterocycles. The molecule has 0 atom stereocenters. The lowest BCUT2D eigenvalue weighted by Crippen LogP contribution is -2.29. The molecular formula is C16H17NO3. The Morgan fingerprint density at radius 2 is 1.95 bits per heavy atom. The van der Waals surface area contributed by atoms with Crippen LogP contribution in [0.1, 0.15) is 26.7 Å². The van der Waals surface area contributed by atoms with Crippen molar-refractivity contribution < 1.29 is 14.3 Å². The monoisotopic (exact) mass is 271 g/mol. The molecule has 1 aromatic carbocycles. The van der Waals surface area contributed by atoms with Crippen LogP contribution in [0.15, 0.2) is 41.6 Å². The Bertz CT molecular complexity index is 599. The van der Waals surface area contributed by atoms with Crippen LogP contribution in [-0.4, -0.2) is 18.5 Å². The van der Waals surface area contributed by atoms with E-state index in [1.54, 1.807) is 11.8 Å². The van der Waals surface area contributed by atoms with Crippen molar-refractivity contribution in [1.29, 1.82) is 0 Å². The summed E-state index contributed by atoms with van der Waals surface area (Å²) in [6, 6.07) is 9.44. The van der Waals surface area contributed by atoms with E-state index >= 15 is 0 Å². The molecule has 0 radical (unpaired) electrons. The summed E-state index contributed by atoms with van der Waals surface area (Å²) in [7, 11) is 0. The van der Waals surface area contributed by atoms with Crippen LogP contribution in [0.4, 0.5) is 5.69 Å². The molecule has 1 aromatic rings. The predicted octanol–water partition coefficient (Wildman–Crippen LogP) is 2.65. The Morgan fingerprint density at radius 1 is 1.30 bits per heavy atom. The van der Waals surface area contributed by atoms with Crippen molar-refractivity contribution in [3.05, 3.63) is 41.6 Å². The van der Waals surface area contributed by atoms with Gasteiger partial charge in [0.15, 0.2) is 0 Å². The lowest BCUT2D eigenvalue weighted by molar-refractivity contribution is -0.140. The molecule has 4 heteroatoms. The smallest absolute Gasteiger partial charge is 0.336 e. The van der Waals surface area contributed by atoms with Crippen molar-refractivity contribution in [2.24, 2.45) is 5.41 Å². The molecule has 20 heavy (non-hydrogen) atoms. The van der Waals surface area contributed by atoms with E-state index in [4.69, 9.17) is 4.74 Å². The molecule has 1 heterocycles. The first kappa shape index (κ1) is 12.9. The molecule has 3 rings (SSSR count). The van der Waals surface area contributed by atoms with E-state index in [0.717, 1.165) is 18.5 Å². The van der Waals surface area contributed by atoms with E-state index in [-0.39, 0.29) is 11.9 Å². The molecule has 2 aliphatic rings. The minimum atomic E-state index is -0.619. The highest BCUT2D eigenvalue weighted by Crippen LogP contribution is 2.59. The Morgan fingerprint density at radius 3 is 2.50 bits per heavy atom. The summed E-state index contributed by atoms with van der Waals surface area (Å²) in [6.45, 7) is 3.93. The number of carbonyl (C=O) groups excluding carboxylic acids is 2. The SMILES string of the molecule is CCOC(=O)C1=C(C)N(c2ccccc2)C(=O)C12CC2. The number of rotatable bonds is 3. The Balaban J connectivity index is 2.05. The van der Waals surface area contributed by atoms with Crippen molar-refractivity contribution in [3.63, 3.8) is 0 Å². The summed E-state index contributed by atoms with van der Waals surface area (Å²) in [5, 5.41) is 0. The molecule has 4 nitrogen and oxygen atoms in total. The summed E-state index contributed by atoms with van der Waals surface area (Å²) in [4.78, 5) is 26.5. The van der Waals surface area contributed by atoms with Crippen LogP contribution in [0.2, 0.25) is 0 Å². The first-order valence-corrected chi connectivity index (χ1v) is 6.90. The van der Waals surface area contributed by atoms with E-state index in [1.165, 1.54) is 0 Å². The minimum Gasteiger partial charge on any atom is -0.463 e. The van der Waals surface area contributed by atoms with E-state index in [0.29, 0.717) is 17.9 Å². The molecule has 0 N–H and O–H groups in total. The number of hydrogen-bond acceptors (Lipinski definition) is 3. The van der Waals surface area contributed by atoms with Crippen molar-refractivity contribution >= 4 is 17.6 Å². The van der Waals surface area contributed by atoms with Gasteiger partial charge in [-0.3, -0.25) is 9.69 Å². The standard InChI is InChI=1S/C16H17NO3/c1-3-20-14(18)13-11(2)17(12-7-5-4-6-8-12)15(19)16(13)9-10-16/h4-8H,3,9-10H2,1-2H3. The normalized spacial score (nSPS) is 19.7. The minimum absolute atomic E-state index is 0.00394. The fourth-order valence-electron chi connectivity index (χ4n) is 2.95. The maximum Gasteiger partial charge on any atom is 0.336 e. The molecule has 0 unspecified atom stereocenters. The number of esters is 1. The van der Waals surface area contributed by atoms with Gasteiger partial charge in [0.2, 0.25) is 5.91 Å². The number of ether oxygens (including phenoxy) is 1. The second kappa shape index (κ2) is 4.47. The van der Waals surface area contributed by atoms with Gasteiger partial charge in [-0.15, -0.1) is 0 Å². The zero-order valence-corrected chi connectivity index (χ0v) is 11.7. The van der Waals surface area contributed by atoms with Gasteiger partial charge in [0, 0.05) is 11.4 Å². The van der Waals surface area contributed by atoms with Gasteiger partial charge in [0.25, 0.3) is 0 Å². The molecule has 104 valence electrons. The van der Waals surface area contributed by atoms with Crippen LogP contribution in [0.25, 0.3) is 0 Å². The van der Waals surface area contributed by atoms with Crippen molar-refractivity contribution in [3.8, 4) is 0 Å². The first-order chi connectivity index (χ1) is 9.62. The van der Waals surface area contributed by atoms with Gasteiger partial charge in [-0.25, -0.2) is 4.79 Å². The number of allylic oxidation sites excluding steroid dienone is 1. The van der Waals surface area contributed by atoms with Gasteiger partial charge < -0.3 is 4.74 Å². The van der Waals surface area contributed by atoms with Gasteiger partial charge in [0.1, 0.15) is 0 Å². The maximum absolute atomic E-state index is 12.7. The zero-order valence-electron chi connectivity index (χ0n) is 11.7. The zero-order chi connectivity index (χ0) is 14.3. The molecule has 1 spiro atoms. The average Bonchev–Trinajstić information content (AvgIpc) is 3.18. The van der Waals surface area contributed by atoms with E-state index < -0.39 is 5.41 Å². The summed E-state index contributed by atoms with van der Waals surface area (Å²) < 4.78 is 5.13. The second-order valence-electron chi connectivity index (χ2n) is 5.24. The number of anilines is 1. The first-order valence-electron chi connectivity index (χ1n) is 6.90. The highest BCUT2D eigenvalue weighted by Gasteiger charge is 2.62. The Kier molecular flexibility index (Phi) is 2.89. The highest BCUT2D eigenvalue weighted by atomic mass is 16.5. The lowest BCUT2D eigenvalue weighted by atomic mass is 9.97. The summed E-state index contributed by atoms with van der Waals surface area (Å²) in [5.74, 6) is -0.349. The topological polar surface area (TPSA) is 46.6 Å². The van der Waals surface area contributed by atoms with Gasteiger partial charge in [-0.1, -0.05) is 18.2 Å². The maximum atomic E-state index is 12.7. The number of hydrogen-bond donors (Lipinski definition) is 0. The van der Waals surface area contributed by atoms with Crippen molar-refractivity contribution in [2.45, 2.75) is 26.7 Å². The van der Waals surface area contributed by atoms with E-state index in [1.807, 2.05) is 37.3 Å². The number of para-hydroxylation sites is 1. The number of carbonyl (C=O) groups is 2. The number of nitrogens with zero attached hydrogens (tertiary/aromatic N) is 1. The van der Waals surface area contributed by atoms with Crippen LogP contribution in [0, 0.1) is 5.41 Å². The molecule has 1 aliphatic carbocycles. The van der Waals surface area contributed by atoms with Gasteiger partial charge >= 0.3 is 5.97 Å². The van der Waals surface area contributed by atoms with Crippen LogP contribution >= 0.6 is 0 Å². The Labute approximate surface area is 118 Å². The van der Waals surface area contributed by atoms with Crippen LogP contribution in [-0.2, 0) is 14.3 Å².